The Kier molecular flexibility index (Phi) is 5.35. The fourth-order valence-corrected chi connectivity index (χ4v) is 3.83. The minimum atomic E-state index is -4.62. The summed E-state index contributed by atoms with van der Waals surface area (Å²) in [5.41, 5.74) is 2.02. The van der Waals surface area contributed by atoms with E-state index in [1.807, 2.05) is 12.1 Å². The fraction of sp³-hybridized carbons (Fsp3) is 0.130. The van der Waals surface area contributed by atoms with E-state index >= 15 is 0 Å². The third-order valence-corrected chi connectivity index (χ3v) is 5.49. The van der Waals surface area contributed by atoms with Gasteiger partial charge in [-0.1, -0.05) is 0 Å². The first-order valence-electron chi connectivity index (χ1n) is 10.4. The lowest BCUT2D eigenvalue weighted by atomic mass is 10.1. The lowest BCUT2D eigenvalue weighted by molar-refractivity contribution is -0.146. The molecule has 0 fully saturated rings. The first-order chi connectivity index (χ1) is 16.7. The number of nitrogens with one attached hydrogen (secondary N) is 3. The molecule has 1 aromatic carbocycles. The number of aromatic amines is 1. The summed E-state index contributed by atoms with van der Waals surface area (Å²) in [5.74, 6) is -2.31. The minimum absolute atomic E-state index is 0.0570. The van der Waals surface area contributed by atoms with Crippen LogP contribution in [0.25, 0.3) is 22.1 Å². The Morgan fingerprint density at radius 2 is 1.97 bits per heavy atom. The minimum Gasteiger partial charge on any atom is -0.365 e. The van der Waals surface area contributed by atoms with Gasteiger partial charge >= 0.3 is 6.18 Å². The standard InChI is InChI=1S/C23H17F4N7O/c1-34-18-3-2-14(9-17(18)33-22(34)23(25,26)27)32-21(35)16-8-13(24)11-31-20(16)30-10-12-4-6-28-19-15(12)5-7-29-19/h2-9,11H,10H2,1H3,(H,28,29)(H,30,31)(H,32,35). The molecule has 5 rings (SSSR count). The van der Waals surface area contributed by atoms with Crippen molar-refractivity contribution < 1.29 is 22.4 Å². The van der Waals surface area contributed by atoms with E-state index in [2.05, 4.69) is 30.6 Å². The highest BCUT2D eigenvalue weighted by Crippen LogP contribution is 2.31. The maximum absolute atomic E-state index is 13.9. The number of carbonyl (C=O) groups is 1. The highest BCUT2D eigenvalue weighted by atomic mass is 19.4. The maximum Gasteiger partial charge on any atom is 0.449 e. The van der Waals surface area contributed by atoms with Crippen molar-refractivity contribution in [3.05, 3.63) is 77.8 Å². The van der Waals surface area contributed by atoms with E-state index < -0.39 is 23.7 Å². The second-order valence-electron chi connectivity index (χ2n) is 7.76. The third kappa shape index (κ3) is 4.25. The first kappa shape index (κ1) is 22.3. The summed E-state index contributed by atoms with van der Waals surface area (Å²) in [7, 11) is 1.26. The van der Waals surface area contributed by atoms with Gasteiger partial charge in [0.1, 0.15) is 17.3 Å². The molecule has 0 unspecified atom stereocenters. The molecule has 178 valence electrons. The lowest BCUT2D eigenvalue weighted by Crippen LogP contribution is -2.16. The Labute approximate surface area is 195 Å². The molecule has 8 nitrogen and oxygen atoms in total. The smallest absolute Gasteiger partial charge is 0.365 e. The number of imidazole rings is 1. The Morgan fingerprint density at radius 1 is 1.14 bits per heavy atom. The van der Waals surface area contributed by atoms with Gasteiger partial charge in [0.25, 0.3) is 5.91 Å². The van der Waals surface area contributed by atoms with Crippen LogP contribution in [0.2, 0.25) is 0 Å². The zero-order valence-electron chi connectivity index (χ0n) is 18.1. The van der Waals surface area contributed by atoms with Crippen LogP contribution < -0.4 is 10.6 Å². The van der Waals surface area contributed by atoms with E-state index in [9.17, 15) is 22.4 Å². The summed E-state index contributed by atoms with van der Waals surface area (Å²) < 4.78 is 54.3. The molecule has 0 aliphatic heterocycles. The van der Waals surface area contributed by atoms with Crippen LogP contribution in [-0.4, -0.2) is 30.4 Å². The number of aromatic nitrogens is 5. The predicted molar refractivity (Wildman–Crippen MR) is 121 cm³/mol. The fourth-order valence-electron chi connectivity index (χ4n) is 3.83. The number of hydrogen-bond donors (Lipinski definition) is 3. The summed E-state index contributed by atoms with van der Waals surface area (Å²) in [5, 5.41) is 6.50. The molecule has 4 heterocycles. The molecule has 0 aliphatic rings. The second kappa shape index (κ2) is 8.38. The molecular weight excluding hydrogens is 466 g/mol. The number of anilines is 2. The summed E-state index contributed by atoms with van der Waals surface area (Å²) in [6, 6.07) is 8.89. The first-order valence-corrected chi connectivity index (χ1v) is 10.4. The number of fused-ring (bicyclic) bond motifs is 2. The van der Waals surface area contributed by atoms with Gasteiger partial charge in [0.15, 0.2) is 0 Å². The van der Waals surface area contributed by atoms with Crippen LogP contribution in [0, 0.1) is 5.82 Å². The van der Waals surface area contributed by atoms with E-state index in [-0.39, 0.29) is 34.6 Å². The summed E-state index contributed by atoms with van der Waals surface area (Å²) in [6.45, 7) is 0.288. The van der Waals surface area contributed by atoms with Gasteiger partial charge in [0.2, 0.25) is 5.82 Å². The number of H-pyrrole nitrogens is 1. The van der Waals surface area contributed by atoms with Gasteiger partial charge in [-0.2, -0.15) is 13.2 Å². The molecule has 1 amide bonds. The Balaban J connectivity index is 1.40. The van der Waals surface area contributed by atoms with Crippen molar-refractivity contribution in [1.82, 2.24) is 24.5 Å². The third-order valence-electron chi connectivity index (χ3n) is 5.49. The average molecular weight is 483 g/mol. The quantitative estimate of drug-likeness (QED) is 0.310. The van der Waals surface area contributed by atoms with Crippen molar-refractivity contribution in [3.8, 4) is 0 Å². The predicted octanol–water partition coefficient (Wildman–Crippen LogP) is 4.87. The van der Waals surface area contributed by atoms with Gasteiger partial charge in [-0.3, -0.25) is 4.79 Å². The zero-order chi connectivity index (χ0) is 24.7. The highest BCUT2D eigenvalue weighted by Gasteiger charge is 2.36. The molecule has 0 atom stereocenters. The van der Waals surface area contributed by atoms with Crippen molar-refractivity contribution in [2.75, 3.05) is 10.6 Å². The van der Waals surface area contributed by atoms with E-state index in [1.54, 1.807) is 12.4 Å². The molecule has 0 radical (unpaired) electrons. The molecule has 0 aliphatic carbocycles. The number of hydrogen-bond acceptors (Lipinski definition) is 5. The van der Waals surface area contributed by atoms with Gasteiger partial charge in [0.05, 0.1) is 22.8 Å². The molecule has 0 saturated carbocycles. The number of carbonyl (C=O) groups excluding carboxylic acids is 1. The molecule has 4 aromatic heterocycles. The normalized spacial score (nSPS) is 11.8. The summed E-state index contributed by atoms with van der Waals surface area (Å²) in [6.07, 6.45) is -0.242. The molecule has 0 saturated heterocycles. The molecule has 35 heavy (non-hydrogen) atoms. The van der Waals surface area contributed by atoms with Gasteiger partial charge in [-0.05, 0) is 42.0 Å². The average Bonchev–Trinajstić information content (AvgIpc) is 3.43. The summed E-state index contributed by atoms with van der Waals surface area (Å²) >= 11 is 0. The number of pyridine rings is 2. The number of rotatable bonds is 5. The van der Waals surface area contributed by atoms with E-state index in [4.69, 9.17) is 0 Å². The number of nitrogens with zero attached hydrogens (tertiary/aromatic N) is 4. The number of aryl methyl sites for hydroxylation is 1. The van der Waals surface area contributed by atoms with Gasteiger partial charge in [-0.25, -0.2) is 19.3 Å². The lowest BCUT2D eigenvalue weighted by Gasteiger charge is -2.12. The highest BCUT2D eigenvalue weighted by molar-refractivity contribution is 6.08. The van der Waals surface area contributed by atoms with Crippen LogP contribution in [-0.2, 0) is 19.8 Å². The molecule has 0 bridgehead atoms. The Hall–Kier alpha value is -4.48. The van der Waals surface area contributed by atoms with E-state index in [0.717, 1.165) is 27.8 Å². The summed E-state index contributed by atoms with van der Waals surface area (Å²) in [4.78, 5) is 27.8. The Morgan fingerprint density at radius 3 is 2.77 bits per heavy atom. The van der Waals surface area contributed by atoms with Crippen LogP contribution in [0.4, 0.5) is 29.1 Å². The Bertz CT molecular complexity index is 1570. The molecule has 0 spiro atoms. The van der Waals surface area contributed by atoms with Crippen LogP contribution in [0.15, 0.2) is 55.0 Å². The van der Waals surface area contributed by atoms with E-state index in [0.29, 0.717) is 5.65 Å². The second-order valence-corrected chi connectivity index (χ2v) is 7.76. The topological polar surface area (TPSA) is 101 Å². The van der Waals surface area contributed by atoms with E-state index in [1.165, 1.54) is 25.2 Å². The molecular formula is C23H17F4N7O. The monoisotopic (exact) mass is 483 g/mol. The SMILES string of the molecule is Cn1c(C(F)(F)F)nc2cc(NC(=O)c3cc(F)cnc3NCc3ccnc4[nH]ccc34)ccc21. The van der Waals surface area contributed by atoms with Crippen LogP contribution >= 0.6 is 0 Å². The van der Waals surface area contributed by atoms with Gasteiger partial charge in [-0.15, -0.1) is 0 Å². The number of alkyl halides is 3. The molecule has 3 N–H and O–H groups in total. The van der Waals surface area contributed by atoms with Gasteiger partial charge < -0.3 is 20.2 Å². The molecule has 5 aromatic rings. The van der Waals surface area contributed by atoms with Crippen molar-refractivity contribution in [3.63, 3.8) is 0 Å². The number of benzene rings is 1. The van der Waals surface area contributed by atoms with Crippen molar-refractivity contribution in [2.45, 2.75) is 12.7 Å². The maximum atomic E-state index is 13.9. The number of halogens is 4. The zero-order valence-corrected chi connectivity index (χ0v) is 18.1. The number of amides is 1. The largest absolute Gasteiger partial charge is 0.449 e. The van der Waals surface area contributed by atoms with Crippen LogP contribution in [0.5, 0.6) is 0 Å². The van der Waals surface area contributed by atoms with Crippen molar-refractivity contribution in [1.29, 1.82) is 0 Å². The van der Waals surface area contributed by atoms with Crippen molar-refractivity contribution >= 4 is 39.5 Å². The van der Waals surface area contributed by atoms with Crippen molar-refractivity contribution in [2.24, 2.45) is 7.05 Å². The van der Waals surface area contributed by atoms with Crippen LogP contribution in [0.3, 0.4) is 0 Å². The van der Waals surface area contributed by atoms with Crippen LogP contribution in [0.1, 0.15) is 21.7 Å². The molecule has 12 heteroatoms. The van der Waals surface area contributed by atoms with Gasteiger partial charge in [0, 0.05) is 37.1 Å².